The van der Waals surface area contributed by atoms with Crippen LogP contribution in [0.1, 0.15) is 19.8 Å². The minimum absolute atomic E-state index is 0.377. The van der Waals surface area contributed by atoms with E-state index in [0.29, 0.717) is 6.54 Å². The Morgan fingerprint density at radius 1 is 1.82 bits per heavy atom. The summed E-state index contributed by atoms with van der Waals surface area (Å²) in [6, 6.07) is 0. The second kappa shape index (κ2) is 1.88. The lowest BCUT2D eigenvalue weighted by Crippen LogP contribution is -2.43. The molecule has 0 saturated carbocycles. The van der Waals surface area contributed by atoms with E-state index in [0.717, 1.165) is 12.8 Å². The summed E-state index contributed by atoms with van der Waals surface area (Å²) >= 11 is 0. The number of carbonyl (C=O) groups is 1. The van der Waals surface area contributed by atoms with Crippen molar-refractivity contribution in [2.24, 2.45) is 0 Å². The molecule has 0 spiro atoms. The van der Waals surface area contributed by atoms with Gasteiger partial charge in [-0.2, -0.15) is 0 Å². The molecule has 1 amide bonds. The third-order valence-corrected chi connectivity index (χ3v) is 2.65. The van der Waals surface area contributed by atoms with Gasteiger partial charge in [0.05, 0.1) is 0 Å². The normalized spacial score (nSPS) is 42.5. The van der Waals surface area contributed by atoms with Crippen LogP contribution in [0.15, 0.2) is 0 Å². The van der Waals surface area contributed by atoms with Crippen LogP contribution in [0.25, 0.3) is 0 Å². The maximum Gasteiger partial charge on any atom is 0.412 e. The van der Waals surface area contributed by atoms with Crippen LogP contribution in [0.2, 0.25) is 0 Å². The summed E-state index contributed by atoms with van der Waals surface area (Å²) in [6.45, 7) is 2.57. The molecule has 0 radical (unpaired) electrons. The molecular formula is C7H11NO3. The smallest absolute Gasteiger partial charge is 0.412 e. The SMILES string of the molecule is C[C@]12CCCN1C(=O)OC2O. The summed E-state index contributed by atoms with van der Waals surface area (Å²) in [5, 5.41) is 9.34. The molecule has 4 heteroatoms. The molecule has 4 nitrogen and oxygen atoms in total. The molecule has 0 aromatic carbocycles. The Kier molecular flexibility index (Phi) is 1.18. The Labute approximate surface area is 64.7 Å². The number of hydrogen-bond acceptors (Lipinski definition) is 3. The van der Waals surface area contributed by atoms with Gasteiger partial charge in [0.25, 0.3) is 0 Å². The predicted molar refractivity (Wildman–Crippen MR) is 36.8 cm³/mol. The third-order valence-electron chi connectivity index (χ3n) is 2.65. The Morgan fingerprint density at radius 3 is 3.18 bits per heavy atom. The van der Waals surface area contributed by atoms with Crippen molar-refractivity contribution in [1.82, 2.24) is 4.90 Å². The fraction of sp³-hybridized carbons (Fsp3) is 0.857. The summed E-state index contributed by atoms with van der Waals surface area (Å²) in [5.41, 5.74) is -0.447. The molecule has 1 unspecified atom stereocenters. The van der Waals surface area contributed by atoms with Crippen molar-refractivity contribution in [3.05, 3.63) is 0 Å². The van der Waals surface area contributed by atoms with Crippen molar-refractivity contribution in [3.8, 4) is 0 Å². The van der Waals surface area contributed by atoms with Crippen LogP contribution in [-0.4, -0.2) is 34.5 Å². The molecule has 1 N–H and O–H groups in total. The molecule has 2 saturated heterocycles. The number of aliphatic hydroxyl groups is 1. The maximum absolute atomic E-state index is 11.0. The highest BCUT2D eigenvalue weighted by Gasteiger charge is 2.53. The number of nitrogens with zero attached hydrogens (tertiary/aromatic N) is 1. The first-order chi connectivity index (χ1) is 5.14. The van der Waals surface area contributed by atoms with E-state index in [1.807, 2.05) is 6.92 Å². The lowest BCUT2D eigenvalue weighted by atomic mass is 10.00. The van der Waals surface area contributed by atoms with Gasteiger partial charge in [-0.1, -0.05) is 0 Å². The van der Waals surface area contributed by atoms with E-state index < -0.39 is 11.8 Å². The quantitative estimate of drug-likeness (QED) is 0.550. The molecule has 2 rings (SSSR count). The molecule has 2 aliphatic rings. The highest BCUT2D eigenvalue weighted by atomic mass is 16.7. The molecule has 0 bridgehead atoms. The van der Waals surface area contributed by atoms with Gasteiger partial charge in [0, 0.05) is 6.54 Å². The molecule has 62 valence electrons. The number of ether oxygens (including phenoxy) is 1. The zero-order valence-corrected chi connectivity index (χ0v) is 6.41. The Balaban J connectivity index is 2.32. The van der Waals surface area contributed by atoms with E-state index in [1.54, 1.807) is 4.90 Å². The summed E-state index contributed by atoms with van der Waals surface area (Å²) in [5.74, 6) is 0. The first-order valence-electron chi connectivity index (χ1n) is 3.81. The van der Waals surface area contributed by atoms with E-state index in [-0.39, 0.29) is 6.09 Å². The largest absolute Gasteiger partial charge is 0.417 e. The predicted octanol–water partition coefficient (Wildman–Crippen LogP) is 0.310. The second-order valence-electron chi connectivity index (χ2n) is 3.35. The van der Waals surface area contributed by atoms with Crippen LogP contribution in [0.5, 0.6) is 0 Å². The van der Waals surface area contributed by atoms with E-state index in [1.165, 1.54) is 0 Å². The maximum atomic E-state index is 11.0. The number of aliphatic hydroxyl groups excluding tert-OH is 1. The fourth-order valence-electron chi connectivity index (χ4n) is 1.83. The summed E-state index contributed by atoms with van der Waals surface area (Å²) in [6.07, 6.45) is 0.484. The van der Waals surface area contributed by atoms with Crippen molar-refractivity contribution < 1.29 is 14.6 Å². The first kappa shape index (κ1) is 6.91. The Hall–Kier alpha value is -0.770. The monoisotopic (exact) mass is 157 g/mol. The Morgan fingerprint density at radius 2 is 2.55 bits per heavy atom. The molecule has 0 aromatic heterocycles. The summed E-state index contributed by atoms with van der Waals surface area (Å²) < 4.78 is 4.67. The van der Waals surface area contributed by atoms with Crippen molar-refractivity contribution >= 4 is 6.09 Å². The van der Waals surface area contributed by atoms with Crippen LogP contribution >= 0.6 is 0 Å². The molecule has 0 aromatic rings. The van der Waals surface area contributed by atoms with Gasteiger partial charge in [0.15, 0.2) is 0 Å². The average molecular weight is 157 g/mol. The highest BCUT2D eigenvalue weighted by molar-refractivity contribution is 5.71. The van der Waals surface area contributed by atoms with E-state index in [4.69, 9.17) is 0 Å². The molecule has 2 atom stereocenters. The lowest BCUT2D eigenvalue weighted by Gasteiger charge is -2.25. The van der Waals surface area contributed by atoms with Crippen LogP contribution in [0.4, 0.5) is 4.79 Å². The number of hydrogen-bond donors (Lipinski definition) is 1. The van der Waals surface area contributed by atoms with Crippen LogP contribution in [-0.2, 0) is 4.74 Å². The molecule has 2 fully saturated rings. The first-order valence-corrected chi connectivity index (χ1v) is 3.81. The Bertz CT molecular complexity index is 206. The van der Waals surface area contributed by atoms with Gasteiger partial charge in [0.1, 0.15) is 5.54 Å². The second-order valence-corrected chi connectivity index (χ2v) is 3.35. The van der Waals surface area contributed by atoms with Gasteiger partial charge in [-0.3, -0.25) is 4.90 Å². The molecule has 2 heterocycles. The molecule has 0 aliphatic carbocycles. The van der Waals surface area contributed by atoms with Gasteiger partial charge in [-0.15, -0.1) is 0 Å². The van der Waals surface area contributed by atoms with Crippen LogP contribution in [0.3, 0.4) is 0 Å². The van der Waals surface area contributed by atoms with Crippen LogP contribution < -0.4 is 0 Å². The zero-order valence-electron chi connectivity index (χ0n) is 6.41. The van der Waals surface area contributed by atoms with Gasteiger partial charge >= 0.3 is 6.09 Å². The van der Waals surface area contributed by atoms with E-state index in [9.17, 15) is 9.90 Å². The number of carbonyl (C=O) groups excluding carboxylic acids is 1. The number of fused-ring (bicyclic) bond motifs is 1. The van der Waals surface area contributed by atoms with Gasteiger partial charge < -0.3 is 9.84 Å². The topological polar surface area (TPSA) is 49.8 Å². The summed E-state index contributed by atoms with van der Waals surface area (Å²) in [7, 11) is 0. The fourth-order valence-corrected chi connectivity index (χ4v) is 1.83. The number of cyclic esters (lactones) is 1. The standard InChI is InChI=1S/C7H11NO3/c1-7-3-2-4-8(7)6(10)11-5(7)9/h5,9H,2-4H2,1H3/t5?,7-/m1/s1. The molecule has 11 heavy (non-hydrogen) atoms. The van der Waals surface area contributed by atoms with Crippen molar-refractivity contribution in [1.29, 1.82) is 0 Å². The van der Waals surface area contributed by atoms with Crippen molar-refractivity contribution in [2.75, 3.05) is 6.54 Å². The van der Waals surface area contributed by atoms with Crippen molar-refractivity contribution in [3.63, 3.8) is 0 Å². The van der Waals surface area contributed by atoms with Crippen LogP contribution in [0, 0.1) is 0 Å². The highest BCUT2D eigenvalue weighted by Crippen LogP contribution is 2.37. The zero-order chi connectivity index (χ0) is 8.06. The van der Waals surface area contributed by atoms with Crippen molar-refractivity contribution in [2.45, 2.75) is 31.6 Å². The van der Waals surface area contributed by atoms with Gasteiger partial charge in [-0.05, 0) is 19.8 Å². The minimum atomic E-state index is -0.933. The van der Waals surface area contributed by atoms with E-state index in [2.05, 4.69) is 4.74 Å². The molecule has 2 aliphatic heterocycles. The average Bonchev–Trinajstić information content (AvgIpc) is 2.39. The minimum Gasteiger partial charge on any atom is -0.417 e. The summed E-state index contributed by atoms with van der Waals surface area (Å²) in [4.78, 5) is 12.6. The number of rotatable bonds is 0. The van der Waals surface area contributed by atoms with Gasteiger partial charge in [0.2, 0.25) is 6.29 Å². The van der Waals surface area contributed by atoms with Gasteiger partial charge in [-0.25, -0.2) is 4.79 Å². The number of amides is 1. The molecular weight excluding hydrogens is 146 g/mol. The third kappa shape index (κ3) is 0.701. The van der Waals surface area contributed by atoms with E-state index >= 15 is 0 Å². The lowest BCUT2D eigenvalue weighted by molar-refractivity contribution is -0.0673.